The van der Waals surface area contributed by atoms with E-state index >= 15 is 0 Å². The molecule has 0 aliphatic rings. The highest BCUT2D eigenvalue weighted by molar-refractivity contribution is 5.94. The zero-order valence-electron chi connectivity index (χ0n) is 19.7. The molecule has 4 heteroatoms. The second-order valence-corrected chi connectivity index (χ2v) is 8.33. The van der Waals surface area contributed by atoms with Gasteiger partial charge in [0.2, 0.25) is 0 Å². The molecule has 0 heterocycles. The molecule has 0 aromatic heterocycles. The minimum Gasteiger partial charge on any atom is -0.507 e. The monoisotopic (exact) mass is 414 g/mol. The number of phenols is 1. The van der Waals surface area contributed by atoms with Gasteiger partial charge in [-0.2, -0.15) is 0 Å². The van der Waals surface area contributed by atoms with E-state index in [2.05, 4.69) is 45.9 Å². The van der Waals surface area contributed by atoms with Crippen molar-refractivity contribution in [2.24, 2.45) is 0 Å². The number of carbonyl (C=O) groups is 1. The van der Waals surface area contributed by atoms with Crippen LogP contribution in [0.15, 0.2) is 34.9 Å². The molecule has 0 aliphatic carbocycles. The highest BCUT2D eigenvalue weighted by Gasteiger charge is 2.22. The Balaban J connectivity index is 2.57. The van der Waals surface area contributed by atoms with Crippen molar-refractivity contribution < 1.29 is 19.7 Å². The first-order chi connectivity index (χ1) is 14.1. The fourth-order valence-corrected chi connectivity index (χ4v) is 3.40. The molecular weight excluding hydrogens is 376 g/mol. The van der Waals surface area contributed by atoms with Crippen molar-refractivity contribution in [1.82, 2.24) is 0 Å². The minimum atomic E-state index is -1.12. The predicted octanol–water partition coefficient (Wildman–Crippen LogP) is 7.20. The SMILES string of the molecule is CC(C)=CCCC(C)=CCCC(C)=CCCOc1c(C)c(C)c(C(=O)O)c(O)c1C. The van der Waals surface area contributed by atoms with Crippen LogP contribution in [0.4, 0.5) is 0 Å². The number of rotatable bonds is 11. The minimum absolute atomic E-state index is 0.0442. The van der Waals surface area contributed by atoms with Crippen molar-refractivity contribution in [3.63, 3.8) is 0 Å². The van der Waals surface area contributed by atoms with Gasteiger partial charge < -0.3 is 14.9 Å². The number of allylic oxidation sites excluding steroid dienone is 5. The Kier molecular flexibility index (Phi) is 10.4. The number of aromatic carboxylic acids is 1. The third-order valence-corrected chi connectivity index (χ3v) is 5.40. The molecule has 30 heavy (non-hydrogen) atoms. The Hall–Kier alpha value is -2.49. The zero-order chi connectivity index (χ0) is 22.8. The molecule has 0 spiro atoms. The van der Waals surface area contributed by atoms with Crippen LogP contribution in [-0.2, 0) is 0 Å². The van der Waals surface area contributed by atoms with E-state index in [0.29, 0.717) is 23.5 Å². The Morgan fingerprint density at radius 2 is 1.37 bits per heavy atom. The number of hydrogen-bond donors (Lipinski definition) is 2. The van der Waals surface area contributed by atoms with Crippen molar-refractivity contribution in [3.05, 3.63) is 57.2 Å². The van der Waals surface area contributed by atoms with Crippen LogP contribution in [0.3, 0.4) is 0 Å². The first-order valence-electron chi connectivity index (χ1n) is 10.7. The van der Waals surface area contributed by atoms with Gasteiger partial charge in [0.25, 0.3) is 0 Å². The molecule has 0 saturated carbocycles. The molecule has 0 saturated heterocycles. The van der Waals surface area contributed by atoms with Crippen LogP contribution in [0, 0.1) is 20.8 Å². The summed E-state index contributed by atoms with van der Waals surface area (Å²) in [5.41, 5.74) is 5.88. The summed E-state index contributed by atoms with van der Waals surface area (Å²) in [6, 6.07) is 0. The van der Waals surface area contributed by atoms with Gasteiger partial charge in [0.15, 0.2) is 0 Å². The van der Waals surface area contributed by atoms with Gasteiger partial charge in [0, 0.05) is 5.56 Å². The summed E-state index contributed by atoms with van der Waals surface area (Å²) in [5.74, 6) is -0.752. The summed E-state index contributed by atoms with van der Waals surface area (Å²) in [7, 11) is 0. The van der Waals surface area contributed by atoms with Gasteiger partial charge in [-0.05, 0) is 91.7 Å². The molecule has 166 valence electrons. The average molecular weight is 415 g/mol. The van der Waals surface area contributed by atoms with E-state index < -0.39 is 5.97 Å². The predicted molar refractivity (Wildman–Crippen MR) is 125 cm³/mol. The lowest BCUT2D eigenvalue weighted by Gasteiger charge is -2.17. The lowest BCUT2D eigenvalue weighted by molar-refractivity contribution is 0.0692. The van der Waals surface area contributed by atoms with E-state index in [1.165, 1.54) is 16.7 Å². The summed E-state index contributed by atoms with van der Waals surface area (Å²) >= 11 is 0. The van der Waals surface area contributed by atoms with E-state index in [9.17, 15) is 15.0 Å². The number of carboxylic acid groups (broad SMARTS) is 1. The maximum atomic E-state index is 11.4. The van der Waals surface area contributed by atoms with Crippen molar-refractivity contribution in [2.45, 2.75) is 80.6 Å². The Labute approximate surface area is 182 Å². The first kappa shape index (κ1) is 25.5. The van der Waals surface area contributed by atoms with Crippen LogP contribution >= 0.6 is 0 Å². The highest BCUT2D eigenvalue weighted by Crippen LogP contribution is 2.37. The Bertz CT molecular complexity index is 808. The molecule has 0 unspecified atom stereocenters. The van der Waals surface area contributed by atoms with Gasteiger partial charge in [0.05, 0.1) is 6.61 Å². The Morgan fingerprint density at radius 3 is 1.90 bits per heavy atom. The fourth-order valence-electron chi connectivity index (χ4n) is 3.40. The molecule has 0 radical (unpaired) electrons. The maximum Gasteiger partial charge on any atom is 0.339 e. The van der Waals surface area contributed by atoms with Crippen LogP contribution in [0.25, 0.3) is 0 Å². The topological polar surface area (TPSA) is 66.8 Å². The zero-order valence-corrected chi connectivity index (χ0v) is 19.7. The van der Waals surface area contributed by atoms with E-state index in [-0.39, 0.29) is 11.3 Å². The quantitative estimate of drug-likeness (QED) is 0.297. The van der Waals surface area contributed by atoms with Crippen LogP contribution in [-0.4, -0.2) is 22.8 Å². The second-order valence-electron chi connectivity index (χ2n) is 8.33. The van der Waals surface area contributed by atoms with Gasteiger partial charge >= 0.3 is 5.97 Å². The van der Waals surface area contributed by atoms with Crippen LogP contribution in [0.5, 0.6) is 11.5 Å². The summed E-state index contributed by atoms with van der Waals surface area (Å²) in [6.45, 7) is 14.3. The van der Waals surface area contributed by atoms with Crippen molar-refractivity contribution in [3.8, 4) is 11.5 Å². The Morgan fingerprint density at radius 1 is 0.833 bits per heavy atom. The van der Waals surface area contributed by atoms with Gasteiger partial charge in [-0.3, -0.25) is 0 Å². The summed E-state index contributed by atoms with van der Waals surface area (Å²) < 4.78 is 5.91. The molecule has 0 amide bonds. The fraction of sp³-hybridized carbons (Fsp3) is 0.500. The van der Waals surface area contributed by atoms with Gasteiger partial charge in [-0.15, -0.1) is 0 Å². The van der Waals surface area contributed by atoms with Crippen LogP contribution in [0.1, 0.15) is 86.8 Å². The molecule has 1 rings (SSSR count). The van der Waals surface area contributed by atoms with Crippen molar-refractivity contribution in [1.29, 1.82) is 0 Å². The van der Waals surface area contributed by atoms with Crippen LogP contribution < -0.4 is 4.74 Å². The molecule has 0 bridgehead atoms. The summed E-state index contributed by atoms with van der Waals surface area (Å²) in [5, 5.41) is 19.6. The van der Waals surface area contributed by atoms with E-state index in [0.717, 1.165) is 37.7 Å². The van der Waals surface area contributed by atoms with Gasteiger partial charge in [-0.25, -0.2) is 4.79 Å². The van der Waals surface area contributed by atoms with Crippen LogP contribution in [0.2, 0.25) is 0 Å². The summed E-state index contributed by atoms with van der Waals surface area (Å²) in [6.07, 6.45) is 11.9. The van der Waals surface area contributed by atoms with Crippen molar-refractivity contribution in [2.75, 3.05) is 6.61 Å². The number of benzene rings is 1. The molecule has 1 aromatic carbocycles. The first-order valence-corrected chi connectivity index (χ1v) is 10.7. The van der Waals surface area contributed by atoms with E-state index in [4.69, 9.17) is 4.74 Å². The largest absolute Gasteiger partial charge is 0.507 e. The number of carboxylic acids is 1. The third kappa shape index (κ3) is 7.74. The second kappa shape index (κ2) is 12.3. The molecular formula is C26H38O4. The number of ether oxygens (including phenoxy) is 1. The normalized spacial score (nSPS) is 12.1. The third-order valence-electron chi connectivity index (χ3n) is 5.40. The number of aromatic hydroxyl groups is 1. The lowest BCUT2D eigenvalue weighted by atomic mass is 9.97. The molecule has 2 N–H and O–H groups in total. The smallest absolute Gasteiger partial charge is 0.339 e. The molecule has 0 fully saturated rings. The lowest BCUT2D eigenvalue weighted by Crippen LogP contribution is -2.07. The number of hydrogen-bond acceptors (Lipinski definition) is 3. The van der Waals surface area contributed by atoms with E-state index in [1.807, 2.05) is 6.92 Å². The molecule has 1 aromatic rings. The molecule has 4 nitrogen and oxygen atoms in total. The van der Waals surface area contributed by atoms with Gasteiger partial charge in [0.1, 0.15) is 17.1 Å². The maximum absolute atomic E-state index is 11.4. The van der Waals surface area contributed by atoms with E-state index in [1.54, 1.807) is 13.8 Å². The molecule has 0 aliphatic heterocycles. The van der Waals surface area contributed by atoms with Gasteiger partial charge in [-0.1, -0.05) is 34.9 Å². The standard InChI is InChI=1S/C26H38O4/c1-17(2)11-8-12-18(3)13-9-14-19(4)15-10-16-30-25-21(6)20(5)23(26(28)29)24(27)22(25)7/h11,13,15,27H,8-10,12,14,16H2,1-7H3,(H,28,29). The van der Waals surface area contributed by atoms with Crippen molar-refractivity contribution >= 4 is 5.97 Å². The highest BCUT2D eigenvalue weighted by atomic mass is 16.5. The molecule has 0 atom stereocenters. The average Bonchev–Trinajstić information content (AvgIpc) is 2.65. The summed E-state index contributed by atoms with van der Waals surface area (Å²) in [4.78, 5) is 11.4.